The molecule has 0 atom stereocenters. The number of benzene rings is 1. The third-order valence-corrected chi connectivity index (χ3v) is 4.17. The first kappa shape index (κ1) is 17.6. The number of carbonyl (C=O) groups is 1. The van der Waals surface area contributed by atoms with Crippen LogP contribution >= 0.6 is 0 Å². The summed E-state index contributed by atoms with van der Waals surface area (Å²) >= 11 is 0. The molecule has 5 heteroatoms. The third kappa shape index (κ3) is 5.41. The Balaban J connectivity index is 1.77. The van der Waals surface area contributed by atoms with Crippen molar-refractivity contribution in [3.63, 3.8) is 0 Å². The molecule has 1 aliphatic rings. The SMILES string of the molecule is CC(C)(C)OC(=O)N1CCC(CCc2ccc(N)cc2F)CC1. The highest BCUT2D eigenvalue weighted by atomic mass is 19.1. The van der Waals surface area contributed by atoms with Crippen LogP contribution in [-0.2, 0) is 11.2 Å². The van der Waals surface area contributed by atoms with Crippen molar-refractivity contribution in [2.75, 3.05) is 18.8 Å². The predicted molar refractivity (Wildman–Crippen MR) is 89.7 cm³/mol. The number of hydrogen-bond acceptors (Lipinski definition) is 3. The van der Waals surface area contributed by atoms with Crippen LogP contribution in [0, 0.1) is 11.7 Å². The van der Waals surface area contributed by atoms with Crippen LogP contribution in [0.15, 0.2) is 18.2 Å². The second-order valence-corrected chi connectivity index (χ2v) is 7.30. The van der Waals surface area contributed by atoms with Gasteiger partial charge in [-0.15, -0.1) is 0 Å². The van der Waals surface area contributed by atoms with E-state index in [0.717, 1.165) is 19.3 Å². The largest absolute Gasteiger partial charge is 0.444 e. The van der Waals surface area contributed by atoms with Gasteiger partial charge < -0.3 is 15.4 Å². The number of hydrogen-bond donors (Lipinski definition) is 1. The number of piperidine rings is 1. The van der Waals surface area contributed by atoms with Gasteiger partial charge in [0.05, 0.1) is 0 Å². The molecule has 1 amide bonds. The van der Waals surface area contributed by atoms with Gasteiger partial charge in [0.1, 0.15) is 11.4 Å². The molecule has 0 radical (unpaired) electrons. The number of amides is 1. The van der Waals surface area contributed by atoms with Crippen molar-refractivity contribution in [3.05, 3.63) is 29.6 Å². The first-order valence-electron chi connectivity index (χ1n) is 8.26. The molecule has 0 bridgehead atoms. The van der Waals surface area contributed by atoms with Crippen LogP contribution in [0.1, 0.15) is 45.6 Å². The first-order chi connectivity index (χ1) is 10.7. The molecular weight excluding hydrogens is 295 g/mol. The molecule has 4 nitrogen and oxygen atoms in total. The van der Waals surface area contributed by atoms with Crippen LogP contribution in [0.3, 0.4) is 0 Å². The second-order valence-electron chi connectivity index (χ2n) is 7.30. The molecule has 0 aromatic heterocycles. The summed E-state index contributed by atoms with van der Waals surface area (Å²) < 4.78 is 19.2. The van der Waals surface area contributed by atoms with Gasteiger partial charge in [0.2, 0.25) is 0 Å². The lowest BCUT2D eigenvalue weighted by atomic mass is 9.90. The zero-order valence-electron chi connectivity index (χ0n) is 14.3. The topological polar surface area (TPSA) is 55.6 Å². The van der Waals surface area contributed by atoms with E-state index in [1.54, 1.807) is 17.0 Å². The third-order valence-electron chi connectivity index (χ3n) is 4.17. The maximum atomic E-state index is 13.8. The molecule has 23 heavy (non-hydrogen) atoms. The van der Waals surface area contributed by atoms with Gasteiger partial charge in [0.15, 0.2) is 0 Å². The van der Waals surface area contributed by atoms with E-state index in [1.807, 2.05) is 20.8 Å². The van der Waals surface area contributed by atoms with Gasteiger partial charge in [0.25, 0.3) is 0 Å². The normalized spacial score (nSPS) is 16.4. The number of carbonyl (C=O) groups excluding carboxylic acids is 1. The highest BCUT2D eigenvalue weighted by molar-refractivity contribution is 5.68. The molecule has 0 saturated carbocycles. The fourth-order valence-corrected chi connectivity index (χ4v) is 2.86. The van der Waals surface area contributed by atoms with Gasteiger partial charge in [0, 0.05) is 18.8 Å². The van der Waals surface area contributed by atoms with Crippen LogP contribution in [0.25, 0.3) is 0 Å². The van der Waals surface area contributed by atoms with E-state index < -0.39 is 5.60 Å². The van der Waals surface area contributed by atoms with Crippen LogP contribution in [0.2, 0.25) is 0 Å². The van der Waals surface area contributed by atoms with Crippen LogP contribution in [-0.4, -0.2) is 29.7 Å². The Morgan fingerprint density at radius 2 is 2.00 bits per heavy atom. The highest BCUT2D eigenvalue weighted by Gasteiger charge is 2.26. The van der Waals surface area contributed by atoms with Gasteiger partial charge in [-0.3, -0.25) is 0 Å². The van der Waals surface area contributed by atoms with Crippen molar-refractivity contribution in [2.24, 2.45) is 5.92 Å². The number of nitrogens with zero attached hydrogens (tertiary/aromatic N) is 1. The Bertz CT molecular complexity index is 546. The van der Waals surface area contributed by atoms with Crippen molar-refractivity contribution < 1.29 is 13.9 Å². The second kappa shape index (κ2) is 7.20. The average molecular weight is 322 g/mol. The Kier molecular flexibility index (Phi) is 5.50. The van der Waals surface area contributed by atoms with E-state index in [9.17, 15) is 9.18 Å². The number of halogens is 1. The van der Waals surface area contributed by atoms with E-state index in [-0.39, 0.29) is 11.9 Å². The Morgan fingerprint density at radius 1 is 1.35 bits per heavy atom. The summed E-state index contributed by atoms with van der Waals surface area (Å²) in [7, 11) is 0. The molecule has 0 aliphatic carbocycles. The average Bonchev–Trinajstić information content (AvgIpc) is 2.45. The van der Waals surface area contributed by atoms with Gasteiger partial charge >= 0.3 is 6.09 Å². The maximum absolute atomic E-state index is 13.8. The van der Waals surface area contributed by atoms with Gasteiger partial charge in [-0.05, 0) is 70.1 Å². The Hall–Kier alpha value is -1.78. The molecule has 2 rings (SSSR count). The molecule has 1 aromatic rings. The summed E-state index contributed by atoms with van der Waals surface area (Å²) in [5.41, 5.74) is 6.28. The molecular formula is C18H27FN2O2. The van der Waals surface area contributed by atoms with Crippen molar-refractivity contribution >= 4 is 11.8 Å². The minimum Gasteiger partial charge on any atom is -0.444 e. The molecule has 0 unspecified atom stereocenters. The van der Waals surface area contributed by atoms with E-state index in [2.05, 4.69) is 0 Å². The summed E-state index contributed by atoms with van der Waals surface area (Å²) in [5.74, 6) is 0.293. The molecule has 2 N–H and O–H groups in total. The molecule has 128 valence electrons. The zero-order chi connectivity index (χ0) is 17.0. The van der Waals surface area contributed by atoms with E-state index in [1.165, 1.54) is 6.07 Å². The summed E-state index contributed by atoms with van der Waals surface area (Å²) in [4.78, 5) is 13.8. The molecule has 1 aromatic carbocycles. The number of rotatable bonds is 3. The number of ether oxygens (including phenoxy) is 1. The summed E-state index contributed by atoms with van der Waals surface area (Å²) in [6.45, 7) is 7.05. The van der Waals surface area contributed by atoms with Gasteiger partial charge in [-0.1, -0.05) is 6.07 Å². The molecule has 1 aliphatic heterocycles. The Morgan fingerprint density at radius 3 is 2.57 bits per heavy atom. The van der Waals surface area contributed by atoms with E-state index in [0.29, 0.717) is 36.7 Å². The monoisotopic (exact) mass is 322 g/mol. The predicted octanol–water partition coefficient (Wildman–Crippen LogP) is 3.99. The number of nitrogens with two attached hydrogens (primary N) is 1. The molecule has 1 fully saturated rings. The minimum absolute atomic E-state index is 0.226. The number of nitrogen functional groups attached to an aromatic ring is 1. The number of aryl methyl sites for hydroxylation is 1. The quantitative estimate of drug-likeness (QED) is 0.856. The lowest BCUT2D eigenvalue weighted by Crippen LogP contribution is -2.41. The first-order valence-corrected chi connectivity index (χ1v) is 8.26. The van der Waals surface area contributed by atoms with E-state index >= 15 is 0 Å². The maximum Gasteiger partial charge on any atom is 0.410 e. The number of anilines is 1. The summed E-state index contributed by atoms with van der Waals surface area (Å²) in [6.07, 6.45) is 3.29. The van der Waals surface area contributed by atoms with Crippen molar-refractivity contribution in [3.8, 4) is 0 Å². The van der Waals surface area contributed by atoms with Gasteiger partial charge in [-0.2, -0.15) is 0 Å². The standard InChI is InChI=1S/C18H27FN2O2/c1-18(2,3)23-17(22)21-10-8-13(9-11-21)4-5-14-6-7-15(20)12-16(14)19/h6-7,12-13H,4-5,8-11,20H2,1-3H3. The number of likely N-dealkylation sites (tertiary alicyclic amines) is 1. The van der Waals surface area contributed by atoms with E-state index in [4.69, 9.17) is 10.5 Å². The van der Waals surface area contributed by atoms with Crippen LogP contribution in [0.4, 0.5) is 14.9 Å². The lowest BCUT2D eigenvalue weighted by molar-refractivity contribution is 0.0181. The van der Waals surface area contributed by atoms with Crippen LogP contribution in [0.5, 0.6) is 0 Å². The smallest absolute Gasteiger partial charge is 0.410 e. The van der Waals surface area contributed by atoms with Gasteiger partial charge in [-0.25, -0.2) is 9.18 Å². The van der Waals surface area contributed by atoms with Crippen molar-refractivity contribution in [2.45, 2.75) is 52.1 Å². The Labute approximate surface area is 137 Å². The highest BCUT2D eigenvalue weighted by Crippen LogP contribution is 2.24. The van der Waals surface area contributed by atoms with Crippen molar-refractivity contribution in [1.29, 1.82) is 0 Å². The van der Waals surface area contributed by atoms with Crippen LogP contribution < -0.4 is 5.73 Å². The molecule has 1 heterocycles. The molecule has 1 saturated heterocycles. The molecule has 0 spiro atoms. The summed E-state index contributed by atoms with van der Waals surface area (Å²) in [5, 5.41) is 0. The zero-order valence-corrected chi connectivity index (χ0v) is 14.3. The minimum atomic E-state index is -0.458. The fourth-order valence-electron chi connectivity index (χ4n) is 2.86. The lowest BCUT2D eigenvalue weighted by Gasteiger charge is -2.33. The van der Waals surface area contributed by atoms with Crippen molar-refractivity contribution in [1.82, 2.24) is 4.90 Å². The fraction of sp³-hybridized carbons (Fsp3) is 0.611. The summed E-state index contributed by atoms with van der Waals surface area (Å²) in [6, 6.07) is 4.88.